The summed E-state index contributed by atoms with van der Waals surface area (Å²) < 4.78 is 5.62. The van der Waals surface area contributed by atoms with Crippen molar-refractivity contribution < 1.29 is 4.42 Å². The summed E-state index contributed by atoms with van der Waals surface area (Å²) in [5.74, 6) is 1.36. The van der Waals surface area contributed by atoms with E-state index in [0.717, 1.165) is 11.3 Å². The molecule has 3 heteroatoms. The summed E-state index contributed by atoms with van der Waals surface area (Å²) in [5.41, 5.74) is 7.92. The summed E-state index contributed by atoms with van der Waals surface area (Å²) in [4.78, 5) is 4.14. The van der Waals surface area contributed by atoms with Crippen molar-refractivity contribution in [3.8, 4) is 11.3 Å². The molecule has 1 heterocycles. The fourth-order valence-corrected chi connectivity index (χ4v) is 1.88. The average Bonchev–Trinajstić information content (AvgIpc) is 2.76. The SMILES string of the molecule is CC(C)(C)c1ccccc1-c1cnc(CN)o1. The Morgan fingerprint density at radius 2 is 1.94 bits per heavy atom. The third-order valence-corrected chi connectivity index (χ3v) is 2.73. The zero-order valence-electron chi connectivity index (χ0n) is 10.5. The molecule has 0 saturated carbocycles. The lowest BCUT2D eigenvalue weighted by Crippen LogP contribution is -2.12. The number of hydrogen-bond acceptors (Lipinski definition) is 3. The Morgan fingerprint density at radius 3 is 2.53 bits per heavy atom. The van der Waals surface area contributed by atoms with Gasteiger partial charge in [-0.15, -0.1) is 0 Å². The van der Waals surface area contributed by atoms with Crippen LogP contribution in [0.2, 0.25) is 0 Å². The molecule has 17 heavy (non-hydrogen) atoms. The Bertz CT molecular complexity index is 509. The molecule has 0 radical (unpaired) electrons. The third kappa shape index (κ3) is 2.39. The van der Waals surface area contributed by atoms with Gasteiger partial charge < -0.3 is 10.2 Å². The lowest BCUT2D eigenvalue weighted by molar-refractivity contribution is 0.506. The van der Waals surface area contributed by atoms with E-state index in [1.54, 1.807) is 6.20 Å². The molecule has 2 N–H and O–H groups in total. The van der Waals surface area contributed by atoms with Gasteiger partial charge in [-0.05, 0) is 11.0 Å². The molecule has 0 spiro atoms. The van der Waals surface area contributed by atoms with E-state index < -0.39 is 0 Å². The molecule has 1 aromatic carbocycles. The van der Waals surface area contributed by atoms with Gasteiger partial charge in [-0.3, -0.25) is 0 Å². The van der Waals surface area contributed by atoms with Crippen molar-refractivity contribution in [3.63, 3.8) is 0 Å². The third-order valence-electron chi connectivity index (χ3n) is 2.73. The molecule has 0 atom stereocenters. The van der Waals surface area contributed by atoms with E-state index in [0.29, 0.717) is 12.4 Å². The lowest BCUT2D eigenvalue weighted by atomic mass is 9.83. The molecule has 0 saturated heterocycles. The molecule has 0 bridgehead atoms. The molecule has 2 aromatic rings. The van der Waals surface area contributed by atoms with E-state index >= 15 is 0 Å². The topological polar surface area (TPSA) is 52.0 Å². The number of nitrogens with zero attached hydrogens (tertiary/aromatic N) is 1. The van der Waals surface area contributed by atoms with E-state index in [-0.39, 0.29) is 5.41 Å². The summed E-state index contributed by atoms with van der Waals surface area (Å²) in [6.07, 6.45) is 1.74. The summed E-state index contributed by atoms with van der Waals surface area (Å²) >= 11 is 0. The van der Waals surface area contributed by atoms with Crippen molar-refractivity contribution in [1.82, 2.24) is 4.98 Å². The van der Waals surface area contributed by atoms with Crippen molar-refractivity contribution in [1.29, 1.82) is 0 Å². The van der Waals surface area contributed by atoms with Gasteiger partial charge in [-0.25, -0.2) is 4.98 Å². The Balaban J connectivity index is 2.52. The Morgan fingerprint density at radius 1 is 1.24 bits per heavy atom. The number of rotatable bonds is 2. The van der Waals surface area contributed by atoms with E-state index in [2.05, 4.69) is 37.9 Å². The first-order valence-corrected chi connectivity index (χ1v) is 5.77. The van der Waals surface area contributed by atoms with Crippen molar-refractivity contribution >= 4 is 0 Å². The molecule has 0 aliphatic rings. The Hall–Kier alpha value is -1.61. The predicted octanol–water partition coefficient (Wildman–Crippen LogP) is 3.10. The van der Waals surface area contributed by atoms with E-state index in [1.165, 1.54) is 5.56 Å². The van der Waals surface area contributed by atoms with Gasteiger partial charge in [0.25, 0.3) is 0 Å². The maximum atomic E-state index is 5.62. The standard InChI is InChI=1S/C14H18N2O/c1-14(2,3)11-7-5-4-6-10(11)12-9-16-13(8-15)17-12/h4-7,9H,8,15H2,1-3H3. The normalized spacial score (nSPS) is 11.8. The molecule has 0 aliphatic carbocycles. The summed E-state index contributed by atoms with van der Waals surface area (Å²) in [7, 11) is 0. The molecular formula is C14H18N2O. The number of aromatic nitrogens is 1. The fourth-order valence-electron chi connectivity index (χ4n) is 1.88. The summed E-state index contributed by atoms with van der Waals surface area (Å²) in [5, 5.41) is 0. The monoisotopic (exact) mass is 230 g/mol. The van der Waals surface area contributed by atoms with Crippen LogP contribution in [-0.2, 0) is 12.0 Å². The number of hydrogen-bond donors (Lipinski definition) is 1. The van der Waals surface area contributed by atoms with E-state index in [9.17, 15) is 0 Å². The fraction of sp³-hybridized carbons (Fsp3) is 0.357. The second-order valence-corrected chi connectivity index (χ2v) is 5.12. The van der Waals surface area contributed by atoms with Crippen LogP contribution in [0.5, 0.6) is 0 Å². The van der Waals surface area contributed by atoms with Crippen LogP contribution in [0.15, 0.2) is 34.9 Å². The largest absolute Gasteiger partial charge is 0.439 e. The second kappa shape index (κ2) is 4.34. The lowest BCUT2D eigenvalue weighted by Gasteiger charge is -2.21. The first-order valence-electron chi connectivity index (χ1n) is 5.77. The van der Waals surface area contributed by atoms with Crippen LogP contribution in [0.1, 0.15) is 32.2 Å². The first-order chi connectivity index (χ1) is 8.02. The molecular weight excluding hydrogens is 212 g/mol. The van der Waals surface area contributed by atoms with Gasteiger partial charge in [0.05, 0.1) is 12.7 Å². The van der Waals surface area contributed by atoms with Gasteiger partial charge in [0.15, 0.2) is 5.76 Å². The second-order valence-electron chi connectivity index (χ2n) is 5.12. The van der Waals surface area contributed by atoms with Crippen LogP contribution < -0.4 is 5.73 Å². The molecule has 1 aromatic heterocycles. The molecule has 0 unspecified atom stereocenters. The van der Waals surface area contributed by atoms with Crippen LogP contribution in [0.4, 0.5) is 0 Å². The smallest absolute Gasteiger partial charge is 0.208 e. The highest BCUT2D eigenvalue weighted by molar-refractivity contribution is 5.63. The van der Waals surface area contributed by atoms with Gasteiger partial charge in [-0.2, -0.15) is 0 Å². The molecule has 0 amide bonds. The van der Waals surface area contributed by atoms with Crippen molar-refractivity contribution in [2.75, 3.05) is 0 Å². The van der Waals surface area contributed by atoms with Crippen molar-refractivity contribution in [2.45, 2.75) is 32.7 Å². The highest BCUT2D eigenvalue weighted by Crippen LogP contribution is 2.32. The Labute approximate surface area is 102 Å². The first kappa shape index (κ1) is 11.9. The van der Waals surface area contributed by atoms with Gasteiger partial charge >= 0.3 is 0 Å². The zero-order chi connectivity index (χ0) is 12.5. The maximum Gasteiger partial charge on any atom is 0.208 e. The van der Waals surface area contributed by atoms with E-state index in [4.69, 9.17) is 10.2 Å². The van der Waals surface area contributed by atoms with E-state index in [1.807, 2.05) is 12.1 Å². The minimum Gasteiger partial charge on any atom is -0.439 e. The predicted molar refractivity (Wildman–Crippen MR) is 68.5 cm³/mol. The van der Waals surface area contributed by atoms with Gasteiger partial charge in [0, 0.05) is 5.56 Å². The quantitative estimate of drug-likeness (QED) is 0.862. The van der Waals surface area contributed by atoms with Crippen LogP contribution in [0.25, 0.3) is 11.3 Å². The average molecular weight is 230 g/mol. The van der Waals surface area contributed by atoms with Crippen molar-refractivity contribution in [2.24, 2.45) is 5.73 Å². The minimum absolute atomic E-state index is 0.0757. The maximum absolute atomic E-state index is 5.62. The van der Waals surface area contributed by atoms with Gasteiger partial charge in [-0.1, -0.05) is 45.0 Å². The Kier molecular flexibility index (Phi) is 3.03. The highest BCUT2D eigenvalue weighted by Gasteiger charge is 2.19. The van der Waals surface area contributed by atoms with Crippen LogP contribution in [0, 0.1) is 0 Å². The number of nitrogens with two attached hydrogens (primary N) is 1. The molecule has 2 rings (SSSR count). The molecule has 0 aliphatic heterocycles. The van der Waals surface area contributed by atoms with Crippen LogP contribution >= 0.6 is 0 Å². The molecule has 90 valence electrons. The van der Waals surface area contributed by atoms with Crippen LogP contribution in [-0.4, -0.2) is 4.98 Å². The summed E-state index contributed by atoms with van der Waals surface area (Å²) in [6.45, 7) is 6.89. The zero-order valence-corrected chi connectivity index (χ0v) is 10.5. The van der Waals surface area contributed by atoms with Crippen LogP contribution in [0.3, 0.4) is 0 Å². The highest BCUT2D eigenvalue weighted by atomic mass is 16.4. The summed E-state index contributed by atoms with van der Waals surface area (Å²) in [6, 6.07) is 8.24. The molecule has 0 fully saturated rings. The van der Waals surface area contributed by atoms with Gasteiger partial charge in [0.2, 0.25) is 5.89 Å². The van der Waals surface area contributed by atoms with Crippen molar-refractivity contribution in [3.05, 3.63) is 41.9 Å². The minimum atomic E-state index is 0.0757. The van der Waals surface area contributed by atoms with Gasteiger partial charge in [0.1, 0.15) is 0 Å². The number of benzene rings is 1. The molecule has 3 nitrogen and oxygen atoms in total. The number of oxazole rings is 1.